The molecule has 0 aliphatic heterocycles. The van der Waals surface area contributed by atoms with E-state index in [1.54, 1.807) is 0 Å². The van der Waals surface area contributed by atoms with Crippen LogP contribution in [-0.2, 0) is 10.0 Å². The van der Waals surface area contributed by atoms with Gasteiger partial charge in [0.2, 0.25) is 5.28 Å². The van der Waals surface area contributed by atoms with Gasteiger partial charge >= 0.3 is 0 Å². The Morgan fingerprint density at radius 1 is 1.22 bits per heavy atom. The fourth-order valence-corrected chi connectivity index (χ4v) is 2.48. The monoisotopic (exact) mass is 287 g/mol. The molecule has 5 nitrogen and oxygen atoms in total. The Bertz CT molecular complexity index is 678. The highest BCUT2D eigenvalue weighted by molar-refractivity contribution is 7.92. The van der Waals surface area contributed by atoms with Gasteiger partial charge in [0.15, 0.2) is 0 Å². The quantitative estimate of drug-likeness (QED) is 0.877. The highest BCUT2D eigenvalue weighted by atomic mass is 35.5. The van der Waals surface area contributed by atoms with Crippen molar-refractivity contribution in [2.24, 2.45) is 0 Å². The summed E-state index contributed by atoms with van der Waals surface area (Å²) in [4.78, 5) is 6.80. The van der Waals surface area contributed by atoms with Crippen molar-refractivity contribution in [1.29, 1.82) is 0 Å². The summed E-state index contributed by atoms with van der Waals surface area (Å²) in [5.41, 5.74) is 0. The van der Waals surface area contributed by atoms with Gasteiger partial charge in [0.25, 0.3) is 10.0 Å². The predicted molar refractivity (Wildman–Crippen MR) is 64.3 cm³/mol. The second kappa shape index (κ2) is 4.87. The Morgan fingerprint density at radius 2 is 1.94 bits per heavy atom. The van der Waals surface area contributed by atoms with E-state index in [1.807, 2.05) is 0 Å². The molecule has 18 heavy (non-hydrogen) atoms. The van der Waals surface area contributed by atoms with Gasteiger partial charge in [-0.2, -0.15) is 4.98 Å². The van der Waals surface area contributed by atoms with Crippen LogP contribution in [0.5, 0.6) is 0 Å². The molecule has 2 rings (SSSR count). The summed E-state index contributed by atoms with van der Waals surface area (Å²) in [6, 6.07) is 6.34. The van der Waals surface area contributed by atoms with Crippen LogP contribution < -0.4 is 4.72 Å². The zero-order chi connectivity index (χ0) is 13.2. The van der Waals surface area contributed by atoms with Crippen LogP contribution in [-0.4, -0.2) is 18.4 Å². The topological polar surface area (TPSA) is 72.0 Å². The number of hydrogen-bond donors (Lipinski definition) is 1. The third-order valence-electron chi connectivity index (χ3n) is 1.99. The molecule has 0 fully saturated rings. The van der Waals surface area contributed by atoms with Gasteiger partial charge in [-0.25, -0.2) is 17.8 Å². The van der Waals surface area contributed by atoms with E-state index >= 15 is 0 Å². The van der Waals surface area contributed by atoms with Crippen molar-refractivity contribution in [3.63, 3.8) is 0 Å². The lowest BCUT2D eigenvalue weighted by Crippen LogP contribution is -2.15. The lowest BCUT2D eigenvalue weighted by molar-refractivity contribution is 0.570. The van der Waals surface area contributed by atoms with E-state index in [4.69, 9.17) is 11.6 Å². The maximum atomic E-state index is 13.4. The molecule has 1 aromatic carbocycles. The zero-order valence-electron chi connectivity index (χ0n) is 8.84. The number of benzene rings is 1. The van der Waals surface area contributed by atoms with E-state index in [-0.39, 0.29) is 11.1 Å². The van der Waals surface area contributed by atoms with Crippen molar-refractivity contribution in [2.45, 2.75) is 4.90 Å². The summed E-state index contributed by atoms with van der Waals surface area (Å²) in [7, 11) is -4.03. The van der Waals surface area contributed by atoms with Gasteiger partial charge in [-0.3, -0.25) is 4.72 Å². The summed E-state index contributed by atoms with van der Waals surface area (Å²) < 4.78 is 39.3. The first kappa shape index (κ1) is 12.7. The Hall–Kier alpha value is -1.73. The first-order valence-corrected chi connectivity index (χ1v) is 6.61. The number of nitrogens with one attached hydrogen (secondary N) is 1. The van der Waals surface area contributed by atoms with E-state index in [2.05, 4.69) is 14.7 Å². The first-order valence-electron chi connectivity index (χ1n) is 4.75. The average molecular weight is 288 g/mol. The Labute approximate surface area is 108 Å². The molecule has 0 saturated carbocycles. The third kappa shape index (κ3) is 2.74. The fourth-order valence-electron chi connectivity index (χ4n) is 1.25. The van der Waals surface area contributed by atoms with Crippen LogP contribution in [0.1, 0.15) is 0 Å². The van der Waals surface area contributed by atoms with E-state index < -0.39 is 20.7 Å². The molecule has 0 radical (unpaired) electrons. The van der Waals surface area contributed by atoms with Crippen molar-refractivity contribution < 1.29 is 12.8 Å². The van der Waals surface area contributed by atoms with Crippen LogP contribution in [0, 0.1) is 5.82 Å². The van der Waals surface area contributed by atoms with Crippen molar-refractivity contribution in [1.82, 2.24) is 9.97 Å². The summed E-state index contributed by atoms with van der Waals surface area (Å²) in [6.45, 7) is 0. The smallest absolute Gasteiger partial charge is 0.263 e. The largest absolute Gasteiger partial charge is 0.265 e. The van der Waals surface area contributed by atoms with Crippen LogP contribution in [0.15, 0.2) is 41.4 Å². The van der Waals surface area contributed by atoms with Crippen LogP contribution in [0.2, 0.25) is 5.28 Å². The number of aromatic nitrogens is 2. The molecule has 8 heteroatoms. The summed E-state index contributed by atoms with van der Waals surface area (Å²) in [5, 5.41) is -0.108. The normalized spacial score (nSPS) is 11.2. The predicted octanol–water partition coefficient (Wildman–Crippen LogP) is 2.07. The van der Waals surface area contributed by atoms with Crippen molar-refractivity contribution in [3.05, 3.63) is 47.6 Å². The van der Waals surface area contributed by atoms with Crippen molar-refractivity contribution >= 4 is 27.4 Å². The molecule has 1 heterocycles. The number of hydrogen-bond acceptors (Lipinski definition) is 4. The molecule has 1 N–H and O–H groups in total. The summed E-state index contributed by atoms with van der Waals surface area (Å²) >= 11 is 5.52. The molecule has 0 bridgehead atoms. The lowest BCUT2D eigenvalue weighted by Gasteiger charge is -2.07. The number of anilines is 1. The van der Waals surface area contributed by atoms with Gasteiger partial charge in [0.05, 0.1) is 0 Å². The van der Waals surface area contributed by atoms with Gasteiger partial charge in [-0.15, -0.1) is 0 Å². The van der Waals surface area contributed by atoms with Crippen LogP contribution in [0.25, 0.3) is 0 Å². The Balaban J connectivity index is 2.37. The van der Waals surface area contributed by atoms with E-state index in [0.717, 1.165) is 12.1 Å². The number of sulfonamides is 1. The zero-order valence-corrected chi connectivity index (χ0v) is 10.4. The van der Waals surface area contributed by atoms with Crippen LogP contribution in [0.3, 0.4) is 0 Å². The molecule has 0 aliphatic carbocycles. The van der Waals surface area contributed by atoms with Gasteiger partial charge in [0, 0.05) is 6.20 Å². The number of halogens is 2. The fraction of sp³-hybridized carbons (Fsp3) is 0. The average Bonchev–Trinajstić information content (AvgIpc) is 2.28. The third-order valence-corrected chi connectivity index (χ3v) is 3.56. The molecule has 94 valence electrons. The molecule has 0 aliphatic rings. The van der Waals surface area contributed by atoms with Crippen molar-refractivity contribution in [2.75, 3.05) is 4.72 Å². The van der Waals surface area contributed by atoms with Crippen LogP contribution >= 0.6 is 11.6 Å². The highest BCUT2D eigenvalue weighted by Gasteiger charge is 2.19. The Kier molecular flexibility index (Phi) is 3.44. The lowest BCUT2D eigenvalue weighted by atomic mass is 10.4. The molecule has 0 saturated heterocycles. The second-order valence-electron chi connectivity index (χ2n) is 3.25. The maximum absolute atomic E-state index is 13.4. The van der Waals surface area contributed by atoms with Gasteiger partial charge in [0.1, 0.15) is 16.5 Å². The summed E-state index contributed by atoms with van der Waals surface area (Å²) in [5.74, 6) is -0.872. The molecule has 0 unspecified atom stereocenters. The summed E-state index contributed by atoms with van der Waals surface area (Å²) in [6.07, 6.45) is 1.29. The van der Waals surface area contributed by atoms with Gasteiger partial charge in [-0.05, 0) is 29.8 Å². The molecular formula is C10H7ClFN3O2S. The van der Waals surface area contributed by atoms with E-state index in [9.17, 15) is 12.8 Å². The van der Waals surface area contributed by atoms with E-state index in [0.29, 0.717) is 0 Å². The minimum Gasteiger partial charge on any atom is -0.263 e. The molecular weight excluding hydrogens is 281 g/mol. The molecule has 2 aromatic rings. The molecule has 0 atom stereocenters. The number of nitrogens with zero attached hydrogens (tertiary/aromatic N) is 2. The van der Waals surface area contributed by atoms with Gasteiger partial charge in [-0.1, -0.05) is 12.1 Å². The maximum Gasteiger partial charge on any atom is 0.265 e. The molecule has 0 spiro atoms. The standard InChI is InChI=1S/C10H7ClFN3O2S/c11-10-13-6-5-9(14-10)15-18(16,17)8-4-2-1-3-7(8)12/h1-6H,(H,13,14,15). The SMILES string of the molecule is O=S(=O)(Nc1ccnc(Cl)n1)c1ccccc1F. The second-order valence-corrected chi connectivity index (χ2v) is 5.24. The highest BCUT2D eigenvalue weighted by Crippen LogP contribution is 2.17. The first-order chi connectivity index (χ1) is 8.49. The van der Waals surface area contributed by atoms with Crippen molar-refractivity contribution in [3.8, 4) is 0 Å². The Morgan fingerprint density at radius 3 is 2.61 bits per heavy atom. The molecule has 0 amide bonds. The van der Waals surface area contributed by atoms with E-state index in [1.165, 1.54) is 24.4 Å². The number of rotatable bonds is 3. The van der Waals surface area contributed by atoms with Crippen LogP contribution in [0.4, 0.5) is 10.2 Å². The minimum absolute atomic E-state index is 0.0294. The molecule has 1 aromatic heterocycles. The minimum atomic E-state index is -4.03. The van der Waals surface area contributed by atoms with Gasteiger partial charge < -0.3 is 0 Å².